The van der Waals surface area contributed by atoms with E-state index in [1.165, 1.54) is 24.3 Å². The standard InChI is InChI=1S/C28H18O6/c29-23-12-13-24(30)27(23)17-4-8-19(9-5-17)33-21-2-1-3-22(16-21)34-20-10-6-18(7-11-20)28-25(31)14-15-26(28)32/h1-16,27-28H. The van der Waals surface area contributed by atoms with Crippen molar-refractivity contribution in [1.29, 1.82) is 0 Å². The van der Waals surface area contributed by atoms with Crippen LogP contribution in [0.2, 0.25) is 0 Å². The molecule has 6 nitrogen and oxygen atoms in total. The number of carbonyl (C=O) groups is 4. The first-order valence-electron chi connectivity index (χ1n) is 10.7. The fraction of sp³-hybridized carbons (Fsp3) is 0.0714. The summed E-state index contributed by atoms with van der Waals surface area (Å²) in [5.41, 5.74) is 1.26. The van der Waals surface area contributed by atoms with Gasteiger partial charge in [0.1, 0.15) is 34.8 Å². The molecule has 2 aliphatic carbocycles. The number of hydrogen-bond acceptors (Lipinski definition) is 6. The van der Waals surface area contributed by atoms with E-state index in [1.807, 2.05) is 0 Å². The van der Waals surface area contributed by atoms with E-state index in [0.717, 1.165) is 0 Å². The number of benzene rings is 3. The van der Waals surface area contributed by atoms with E-state index in [9.17, 15) is 19.2 Å². The van der Waals surface area contributed by atoms with Crippen LogP contribution in [-0.4, -0.2) is 23.1 Å². The van der Waals surface area contributed by atoms with Gasteiger partial charge in [0.25, 0.3) is 0 Å². The van der Waals surface area contributed by atoms with Gasteiger partial charge in [-0.3, -0.25) is 19.2 Å². The van der Waals surface area contributed by atoms with Gasteiger partial charge in [-0.2, -0.15) is 0 Å². The van der Waals surface area contributed by atoms with Gasteiger partial charge < -0.3 is 9.47 Å². The number of rotatable bonds is 6. The van der Waals surface area contributed by atoms with Crippen molar-refractivity contribution in [2.24, 2.45) is 0 Å². The molecule has 6 heteroatoms. The minimum atomic E-state index is -0.765. The molecule has 5 rings (SSSR count). The molecule has 0 saturated carbocycles. The van der Waals surface area contributed by atoms with E-state index >= 15 is 0 Å². The molecule has 0 spiro atoms. The monoisotopic (exact) mass is 450 g/mol. The summed E-state index contributed by atoms with van der Waals surface area (Å²) in [7, 11) is 0. The molecule has 0 radical (unpaired) electrons. The Hall–Kier alpha value is -4.58. The quantitative estimate of drug-likeness (QED) is 0.499. The predicted molar refractivity (Wildman–Crippen MR) is 123 cm³/mol. The molecular weight excluding hydrogens is 432 g/mol. The lowest BCUT2D eigenvalue weighted by Gasteiger charge is -2.12. The number of hydrogen-bond donors (Lipinski definition) is 0. The highest BCUT2D eigenvalue weighted by Crippen LogP contribution is 2.31. The summed E-state index contributed by atoms with van der Waals surface area (Å²) >= 11 is 0. The van der Waals surface area contributed by atoms with Crippen LogP contribution in [0.4, 0.5) is 0 Å². The summed E-state index contributed by atoms with van der Waals surface area (Å²) in [4.78, 5) is 47.5. The van der Waals surface area contributed by atoms with E-state index in [1.54, 1.807) is 72.8 Å². The Kier molecular flexibility index (Phi) is 5.47. The average molecular weight is 450 g/mol. The van der Waals surface area contributed by atoms with E-state index in [2.05, 4.69) is 0 Å². The van der Waals surface area contributed by atoms with Gasteiger partial charge in [0.05, 0.1) is 0 Å². The lowest BCUT2D eigenvalue weighted by molar-refractivity contribution is -0.124. The van der Waals surface area contributed by atoms with Crippen LogP contribution in [0.3, 0.4) is 0 Å². The van der Waals surface area contributed by atoms with Gasteiger partial charge >= 0.3 is 0 Å². The van der Waals surface area contributed by atoms with Crippen LogP contribution in [0.1, 0.15) is 23.0 Å². The first-order chi connectivity index (χ1) is 16.5. The highest BCUT2D eigenvalue weighted by molar-refractivity contribution is 6.23. The molecule has 0 aliphatic heterocycles. The topological polar surface area (TPSA) is 86.7 Å². The number of ether oxygens (including phenoxy) is 2. The first kappa shape index (κ1) is 21.3. The second-order valence-electron chi connectivity index (χ2n) is 7.96. The summed E-state index contributed by atoms with van der Waals surface area (Å²) in [6, 6.07) is 20.7. The zero-order valence-corrected chi connectivity index (χ0v) is 17.8. The van der Waals surface area contributed by atoms with Crippen molar-refractivity contribution in [3.63, 3.8) is 0 Å². The Labute approximate surface area is 195 Å². The maximum absolute atomic E-state index is 11.9. The molecule has 2 aliphatic rings. The maximum Gasteiger partial charge on any atom is 0.171 e. The Morgan fingerprint density at radius 2 is 0.794 bits per heavy atom. The van der Waals surface area contributed by atoms with Gasteiger partial charge in [0, 0.05) is 6.07 Å². The summed E-state index contributed by atoms with van der Waals surface area (Å²) in [5.74, 6) is -0.189. The van der Waals surface area contributed by atoms with Crippen LogP contribution in [-0.2, 0) is 19.2 Å². The largest absolute Gasteiger partial charge is 0.457 e. The number of carbonyl (C=O) groups excluding carboxylic acids is 4. The smallest absolute Gasteiger partial charge is 0.171 e. The van der Waals surface area contributed by atoms with Crippen molar-refractivity contribution in [2.45, 2.75) is 11.8 Å². The van der Waals surface area contributed by atoms with Gasteiger partial charge in [0.2, 0.25) is 0 Å². The maximum atomic E-state index is 11.9. The van der Waals surface area contributed by atoms with Gasteiger partial charge in [-0.05, 0) is 71.8 Å². The fourth-order valence-electron chi connectivity index (χ4n) is 3.98. The van der Waals surface area contributed by atoms with E-state index in [0.29, 0.717) is 34.1 Å². The molecule has 0 amide bonds. The Bertz CT molecular complexity index is 1220. The molecular formula is C28H18O6. The normalized spacial score (nSPS) is 16.0. The van der Waals surface area contributed by atoms with Crippen molar-refractivity contribution in [2.75, 3.05) is 0 Å². The third-order valence-corrected chi connectivity index (χ3v) is 5.67. The van der Waals surface area contributed by atoms with Crippen molar-refractivity contribution >= 4 is 23.1 Å². The minimum absolute atomic E-state index is 0.213. The molecule has 3 aromatic rings. The molecule has 0 bridgehead atoms. The van der Waals surface area contributed by atoms with Crippen LogP contribution < -0.4 is 9.47 Å². The third kappa shape index (κ3) is 4.21. The molecule has 166 valence electrons. The summed E-state index contributed by atoms with van der Waals surface area (Å²) in [5, 5.41) is 0. The highest BCUT2D eigenvalue weighted by atomic mass is 16.5. The fourth-order valence-corrected chi connectivity index (χ4v) is 3.98. The summed E-state index contributed by atoms with van der Waals surface area (Å²) in [6.07, 6.45) is 5.23. The Morgan fingerprint density at radius 3 is 1.15 bits per heavy atom. The molecule has 0 atom stereocenters. The second-order valence-corrected chi connectivity index (χ2v) is 7.96. The summed E-state index contributed by atoms with van der Waals surface area (Å²) < 4.78 is 11.8. The number of allylic oxidation sites excluding steroid dienone is 4. The lowest BCUT2D eigenvalue weighted by Crippen LogP contribution is -2.12. The van der Waals surface area contributed by atoms with Crippen LogP contribution >= 0.6 is 0 Å². The van der Waals surface area contributed by atoms with E-state index in [4.69, 9.17) is 9.47 Å². The van der Waals surface area contributed by atoms with Crippen LogP contribution in [0.25, 0.3) is 0 Å². The molecule has 0 unspecified atom stereocenters. The summed E-state index contributed by atoms with van der Waals surface area (Å²) in [6.45, 7) is 0. The van der Waals surface area contributed by atoms with Crippen molar-refractivity contribution in [3.05, 3.63) is 108 Å². The minimum Gasteiger partial charge on any atom is -0.457 e. The van der Waals surface area contributed by atoms with E-state index in [-0.39, 0.29) is 23.1 Å². The van der Waals surface area contributed by atoms with Crippen molar-refractivity contribution < 1.29 is 28.7 Å². The average Bonchev–Trinajstić information content (AvgIpc) is 3.35. The SMILES string of the molecule is O=C1C=CC(=O)C1c1ccc(Oc2cccc(Oc3ccc(C4C(=O)C=CC4=O)cc3)c2)cc1. The molecule has 0 aromatic heterocycles. The first-order valence-corrected chi connectivity index (χ1v) is 10.7. The zero-order chi connectivity index (χ0) is 23.7. The zero-order valence-electron chi connectivity index (χ0n) is 17.8. The predicted octanol–water partition coefficient (Wildman–Crippen LogP) is 4.85. The van der Waals surface area contributed by atoms with Gasteiger partial charge in [0.15, 0.2) is 23.1 Å². The lowest BCUT2D eigenvalue weighted by atomic mass is 9.95. The molecule has 3 aromatic carbocycles. The van der Waals surface area contributed by atoms with Gasteiger partial charge in [-0.1, -0.05) is 30.3 Å². The van der Waals surface area contributed by atoms with Crippen molar-refractivity contribution in [1.82, 2.24) is 0 Å². The van der Waals surface area contributed by atoms with Gasteiger partial charge in [-0.15, -0.1) is 0 Å². The molecule has 0 heterocycles. The second kappa shape index (κ2) is 8.75. The Morgan fingerprint density at radius 1 is 0.441 bits per heavy atom. The Balaban J connectivity index is 1.25. The van der Waals surface area contributed by atoms with Crippen LogP contribution in [0.5, 0.6) is 23.0 Å². The number of ketones is 4. The molecule has 0 N–H and O–H groups in total. The van der Waals surface area contributed by atoms with E-state index < -0.39 is 11.8 Å². The highest BCUT2D eigenvalue weighted by Gasteiger charge is 2.30. The van der Waals surface area contributed by atoms with Crippen LogP contribution in [0.15, 0.2) is 97.1 Å². The molecule has 34 heavy (non-hydrogen) atoms. The van der Waals surface area contributed by atoms with Crippen molar-refractivity contribution in [3.8, 4) is 23.0 Å². The van der Waals surface area contributed by atoms with Gasteiger partial charge in [-0.25, -0.2) is 0 Å². The third-order valence-electron chi connectivity index (χ3n) is 5.67. The van der Waals surface area contributed by atoms with Crippen LogP contribution in [0, 0.1) is 0 Å². The molecule has 0 saturated heterocycles. The molecule has 0 fully saturated rings.